The Kier molecular flexibility index (Phi) is 4.29. The fourth-order valence-corrected chi connectivity index (χ4v) is 4.48. The van der Waals surface area contributed by atoms with Gasteiger partial charge in [-0.2, -0.15) is 0 Å². The predicted octanol–water partition coefficient (Wildman–Crippen LogP) is 2.13. The maximum Gasteiger partial charge on any atom is 0.157 e. The second-order valence-electron chi connectivity index (χ2n) is 4.50. The van der Waals surface area contributed by atoms with Gasteiger partial charge in [-0.15, -0.1) is 0 Å². The van der Waals surface area contributed by atoms with Crippen LogP contribution >= 0.6 is 15.9 Å². The van der Waals surface area contributed by atoms with Gasteiger partial charge in [0.25, 0.3) is 0 Å². The van der Waals surface area contributed by atoms with Crippen molar-refractivity contribution in [2.75, 3.05) is 18.1 Å². The van der Waals surface area contributed by atoms with Crippen LogP contribution in [0.1, 0.15) is 18.4 Å². The van der Waals surface area contributed by atoms with E-state index in [1.54, 1.807) is 18.2 Å². The summed E-state index contributed by atoms with van der Waals surface area (Å²) in [6, 6.07) is 5.30. The molecule has 1 aliphatic heterocycles. The molecule has 0 spiro atoms. The molecule has 0 aromatic heterocycles. The van der Waals surface area contributed by atoms with Crippen molar-refractivity contribution in [1.82, 2.24) is 0 Å². The van der Waals surface area contributed by atoms with E-state index in [-0.39, 0.29) is 17.6 Å². The third-order valence-electron chi connectivity index (χ3n) is 2.98. The van der Waals surface area contributed by atoms with Crippen LogP contribution in [0, 0.1) is 0 Å². The van der Waals surface area contributed by atoms with E-state index in [1.807, 2.05) is 0 Å². The number of anilines is 1. The van der Waals surface area contributed by atoms with Crippen LogP contribution in [-0.4, -0.2) is 26.9 Å². The molecule has 18 heavy (non-hydrogen) atoms. The van der Waals surface area contributed by atoms with Crippen molar-refractivity contribution in [3.8, 4) is 0 Å². The average molecular weight is 334 g/mol. The summed E-state index contributed by atoms with van der Waals surface area (Å²) >= 11 is 3.34. The molecule has 1 aromatic rings. The van der Waals surface area contributed by atoms with Crippen molar-refractivity contribution >= 4 is 31.5 Å². The Labute approximate surface area is 116 Å². The molecule has 0 saturated carbocycles. The Bertz CT molecular complexity index is 504. The van der Waals surface area contributed by atoms with E-state index >= 15 is 0 Å². The molecule has 100 valence electrons. The first-order chi connectivity index (χ1) is 8.48. The molecule has 1 unspecified atom stereocenters. The summed E-state index contributed by atoms with van der Waals surface area (Å²) in [7, 11) is -3.20. The molecule has 4 nitrogen and oxygen atoms in total. The van der Waals surface area contributed by atoms with Gasteiger partial charge in [-0.1, -0.05) is 22.0 Å². The SMILES string of the molecule is Nc1cccc(Br)c1CS(=O)(=O)CC1CCCO1. The summed E-state index contributed by atoms with van der Waals surface area (Å²) in [5, 5.41) is 0. The van der Waals surface area contributed by atoms with Crippen LogP contribution in [0.25, 0.3) is 0 Å². The van der Waals surface area contributed by atoms with Gasteiger partial charge in [0.2, 0.25) is 0 Å². The maximum absolute atomic E-state index is 12.1. The molecule has 1 atom stereocenters. The zero-order valence-electron chi connectivity index (χ0n) is 9.93. The summed E-state index contributed by atoms with van der Waals surface area (Å²) in [5.74, 6) is 0.0356. The van der Waals surface area contributed by atoms with Gasteiger partial charge in [-0.25, -0.2) is 8.42 Å². The second kappa shape index (κ2) is 5.59. The number of hydrogen-bond donors (Lipinski definition) is 1. The molecular formula is C12H16BrNO3S. The van der Waals surface area contributed by atoms with Gasteiger partial charge < -0.3 is 10.5 Å². The normalized spacial score (nSPS) is 20.2. The summed E-state index contributed by atoms with van der Waals surface area (Å²) < 4.78 is 30.3. The first-order valence-corrected chi connectivity index (χ1v) is 8.44. The van der Waals surface area contributed by atoms with Gasteiger partial charge in [0, 0.05) is 22.3 Å². The van der Waals surface area contributed by atoms with Gasteiger partial charge >= 0.3 is 0 Å². The molecule has 1 fully saturated rings. The monoisotopic (exact) mass is 333 g/mol. The number of hydrogen-bond acceptors (Lipinski definition) is 4. The highest BCUT2D eigenvalue weighted by Crippen LogP contribution is 2.26. The average Bonchev–Trinajstić information content (AvgIpc) is 2.75. The number of sulfone groups is 1. The highest BCUT2D eigenvalue weighted by atomic mass is 79.9. The third kappa shape index (κ3) is 3.46. The lowest BCUT2D eigenvalue weighted by Gasteiger charge is -2.12. The molecule has 1 saturated heterocycles. The van der Waals surface area contributed by atoms with Crippen molar-refractivity contribution in [2.24, 2.45) is 0 Å². The molecule has 1 aliphatic rings. The van der Waals surface area contributed by atoms with Crippen LogP contribution in [-0.2, 0) is 20.3 Å². The Balaban J connectivity index is 2.12. The van der Waals surface area contributed by atoms with Gasteiger partial charge in [-0.3, -0.25) is 0 Å². The smallest absolute Gasteiger partial charge is 0.157 e. The van der Waals surface area contributed by atoms with E-state index in [9.17, 15) is 8.42 Å². The minimum Gasteiger partial charge on any atom is -0.398 e. The van der Waals surface area contributed by atoms with Gasteiger partial charge in [0.1, 0.15) is 0 Å². The summed E-state index contributed by atoms with van der Waals surface area (Å²) in [4.78, 5) is 0. The van der Waals surface area contributed by atoms with Gasteiger partial charge in [0.15, 0.2) is 9.84 Å². The van der Waals surface area contributed by atoms with Gasteiger partial charge in [0.05, 0.1) is 17.6 Å². The quantitative estimate of drug-likeness (QED) is 0.857. The Morgan fingerprint density at radius 1 is 1.44 bits per heavy atom. The highest BCUT2D eigenvalue weighted by Gasteiger charge is 2.24. The molecule has 2 rings (SSSR count). The number of halogens is 1. The molecule has 1 heterocycles. The van der Waals surface area contributed by atoms with E-state index in [1.165, 1.54) is 0 Å². The van der Waals surface area contributed by atoms with Crippen molar-refractivity contribution in [2.45, 2.75) is 24.7 Å². The van der Waals surface area contributed by atoms with Crippen molar-refractivity contribution in [3.63, 3.8) is 0 Å². The first kappa shape index (κ1) is 13.8. The molecule has 1 aromatic carbocycles. The molecule has 0 bridgehead atoms. The minimum atomic E-state index is -3.20. The number of benzene rings is 1. The fourth-order valence-electron chi connectivity index (χ4n) is 2.07. The molecule has 6 heteroatoms. The summed E-state index contributed by atoms with van der Waals surface area (Å²) in [6.07, 6.45) is 1.61. The lowest BCUT2D eigenvalue weighted by atomic mass is 10.2. The summed E-state index contributed by atoms with van der Waals surface area (Å²) in [6.45, 7) is 0.664. The van der Waals surface area contributed by atoms with Crippen LogP contribution in [0.15, 0.2) is 22.7 Å². The minimum absolute atomic E-state index is 0.0416. The molecular weight excluding hydrogens is 318 g/mol. The molecule has 0 amide bonds. The lowest BCUT2D eigenvalue weighted by Crippen LogP contribution is -2.22. The standard InChI is InChI=1S/C12H16BrNO3S/c13-11-4-1-5-12(14)10(11)8-18(15,16)7-9-3-2-6-17-9/h1,4-5,9H,2-3,6-8,14H2. The van der Waals surface area contributed by atoms with E-state index in [2.05, 4.69) is 15.9 Å². The number of rotatable bonds is 4. The van der Waals surface area contributed by atoms with Crippen LogP contribution in [0.3, 0.4) is 0 Å². The van der Waals surface area contributed by atoms with Gasteiger partial charge in [-0.05, 0) is 25.0 Å². The highest BCUT2D eigenvalue weighted by molar-refractivity contribution is 9.10. The van der Waals surface area contributed by atoms with Crippen molar-refractivity contribution in [1.29, 1.82) is 0 Å². The zero-order chi connectivity index (χ0) is 13.2. The lowest BCUT2D eigenvalue weighted by molar-refractivity contribution is 0.127. The van der Waals surface area contributed by atoms with Crippen LogP contribution in [0.2, 0.25) is 0 Å². The zero-order valence-corrected chi connectivity index (χ0v) is 12.3. The fraction of sp³-hybridized carbons (Fsp3) is 0.500. The number of ether oxygens (including phenoxy) is 1. The van der Waals surface area contributed by atoms with Crippen molar-refractivity contribution in [3.05, 3.63) is 28.2 Å². The third-order valence-corrected chi connectivity index (χ3v) is 5.33. The second-order valence-corrected chi connectivity index (χ2v) is 7.46. The maximum atomic E-state index is 12.1. The topological polar surface area (TPSA) is 69.4 Å². The van der Waals surface area contributed by atoms with E-state index in [0.717, 1.165) is 17.3 Å². The molecule has 2 N–H and O–H groups in total. The first-order valence-electron chi connectivity index (χ1n) is 5.83. The summed E-state index contributed by atoms with van der Waals surface area (Å²) in [5.41, 5.74) is 6.95. The number of nitrogens with two attached hydrogens (primary N) is 1. The Morgan fingerprint density at radius 3 is 2.83 bits per heavy atom. The van der Waals surface area contributed by atoms with E-state index < -0.39 is 9.84 Å². The molecule has 0 aliphatic carbocycles. The van der Waals surface area contributed by atoms with Crippen LogP contribution in [0.5, 0.6) is 0 Å². The Hall–Kier alpha value is -0.590. The Morgan fingerprint density at radius 2 is 2.22 bits per heavy atom. The largest absolute Gasteiger partial charge is 0.398 e. The van der Waals surface area contributed by atoms with Crippen LogP contribution in [0.4, 0.5) is 5.69 Å². The predicted molar refractivity (Wildman–Crippen MR) is 75.0 cm³/mol. The number of nitrogen functional groups attached to an aromatic ring is 1. The molecule has 0 radical (unpaired) electrons. The van der Waals surface area contributed by atoms with E-state index in [4.69, 9.17) is 10.5 Å². The van der Waals surface area contributed by atoms with Crippen LogP contribution < -0.4 is 5.73 Å². The van der Waals surface area contributed by atoms with E-state index in [0.29, 0.717) is 17.9 Å². The van der Waals surface area contributed by atoms with Crippen molar-refractivity contribution < 1.29 is 13.2 Å².